The molecule has 1 fully saturated rings. The molecule has 2 rings (SSSR count). The largest absolute Gasteiger partial charge is 0.461 e. The monoisotopic (exact) mass is 308 g/mol. The van der Waals surface area contributed by atoms with Crippen molar-refractivity contribution in [3.63, 3.8) is 0 Å². The molecule has 7 nitrogen and oxygen atoms in total. The molecule has 22 heavy (non-hydrogen) atoms. The number of carbonyl (C=O) groups is 2. The first-order valence-electron chi connectivity index (χ1n) is 7.66. The maximum Gasteiger partial charge on any atom is 0.354 e. The molecule has 0 unspecified atom stereocenters. The van der Waals surface area contributed by atoms with Gasteiger partial charge in [-0.25, -0.2) is 9.59 Å². The van der Waals surface area contributed by atoms with Crippen molar-refractivity contribution in [2.24, 2.45) is 0 Å². The summed E-state index contributed by atoms with van der Waals surface area (Å²) in [6.07, 6.45) is 1.59. The van der Waals surface area contributed by atoms with Crippen molar-refractivity contribution in [1.82, 2.24) is 14.8 Å². The number of H-pyrrole nitrogens is 1. The molecule has 1 aliphatic heterocycles. The highest BCUT2D eigenvalue weighted by molar-refractivity contribution is 5.93. The van der Waals surface area contributed by atoms with Gasteiger partial charge in [0.1, 0.15) is 5.69 Å². The summed E-state index contributed by atoms with van der Waals surface area (Å²) in [5, 5.41) is 2.80. The predicted octanol–water partition coefficient (Wildman–Crippen LogP) is 1.75. The average molecular weight is 308 g/mol. The summed E-state index contributed by atoms with van der Waals surface area (Å²) in [6, 6.07) is 1.94. The van der Waals surface area contributed by atoms with Crippen LogP contribution in [0, 0.1) is 0 Å². The van der Waals surface area contributed by atoms with Crippen molar-refractivity contribution >= 4 is 17.7 Å². The number of hydrogen-bond donors (Lipinski definition) is 2. The van der Waals surface area contributed by atoms with E-state index in [9.17, 15) is 9.59 Å². The number of ether oxygens (including phenoxy) is 1. The number of piperazine rings is 1. The number of hydrogen-bond acceptors (Lipinski definition) is 4. The predicted molar refractivity (Wildman–Crippen MR) is 84.0 cm³/mol. The molecule has 0 aliphatic carbocycles. The number of nitrogens with one attached hydrogen (secondary N) is 2. The summed E-state index contributed by atoms with van der Waals surface area (Å²) < 4.78 is 4.90. The molecule has 0 radical (unpaired) electrons. The van der Waals surface area contributed by atoms with Gasteiger partial charge in [-0.2, -0.15) is 0 Å². The Morgan fingerprint density at radius 1 is 1.32 bits per heavy atom. The van der Waals surface area contributed by atoms with E-state index in [2.05, 4.69) is 29.0 Å². The van der Waals surface area contributed by atoms with Crippen LogP contribution in [0.5, 0.6) is 0 Å². The smallest absolute Gasteiger partial charge is 0.354 e. The van der Waals surface area contributed by atoms with Gasteiger partial charge >= 0.3 is 12.0 Å². The second-order valence-electron chi connectivity index (χ2n) is 5.57. The first kappa shape index (κ1) is 16.4. The number of nitrogens with zero attached hydrogens (tertiary/aromatic N) is 2. The number of anilines is 1. The van der Waals surface area contributed by atoms with E-state index in [1.54, 1.807) is 24.1 Å². The van der Waals surface area contributed by atoms with Gasteiger partial charge in [0.05, 0.1) is 12.3 Å². The second kappa shape index (κ2) is 7.31. The van der Waals surface area contributed by atoms with E-state index >= 15 is 0 Å². The number of amides is 2. The molecule has 2 amide bonds. The van der Waals surface area contributed by atoms with Gasteiger partial charge in [-0.05, 0) is 26.8 Å². The zero-order valence-corrected chi connectivity index (χ0v) is 13.4. The summed E-state index contributed by atoms with van der Waals surface area (Å²) in [6.45, 7) is 9.57. The Morgan fingerprint density at radius 2 is 2.00 bits per heavy atom. The van der Waals surface area contributed by atoms with Crippen LogP contribution in [0.15, 0.2) is 12.3 Å². The highest BCUT2D eigenvalue weighted by atomic mass is 16.5. The Bertz CT molecular complexity index is 519. The number of carbonyl (C=O) groups excluding carboxylic acids is 2. The van der Waals surface area contributed by atoms with E-state index in [0.717, 1.165) is 13.1 Å². The molecule has 7 heteroatoms. The molecule has 0 spiro atoms. The number of rotatable bonds is 4. The minimum atomic E-state index is -0.423. The zero-order chi connectivity index (χ0) is 16.1. The van der Waals surface area contributed by atoms with Crippen LogP contribution in [0.2, 0.25) is 0 Å². The van der Waals surface area contributed by atoms with E-state index in [1.165, 1.54) is 0 Å². The van der Waals surface area contributed by atoms with Crippen LogP contribution in [-0.2, 0) is 4.74 Å². The fourth-order valence-corrected chi connectivity index (χ4v) is 2.44. The molecule has 1 saturated heterocycles. The lowest BCUT2D eigenvalue weighted by atomic mass is 10.2. The van der Waals surface area contributed by atoms with Gasteiger partial charge in [0, 0.05) is 38.4 Å². The SMILES string of the molecule is CCOC(=O)c1cc(NC(=O)N2CCN(C(C)C)CC2)c[nH]1. The molecule has 0 saturated carbocycles. The van der Waals surface area contributed by atoms with Crippen molar-refractivity contribution in [3.8, 4) is 0 Å². The van der Waals surface area contributed by atoms with E-state index < -0.39 is 5.97 Å². The molecule has 0 aromatic carbocycles. The number of aromatic amines is 1. The Morgan fingerprint density at radius 3 is 2.59 bits per heavy atom. The highest BCUT2D eigenvalue weighted by Gasteiger charge is 2.22. The van der Waals surface area contributed by atoms with Crippen molar-refractivity contribution < 1.29 is 14.3 Å². The van der Waals surface area contributed by atoms with Crippen LogP contribution >= 0.6 is 0 Å². The molecule has 1 aromatic rings. The van der Waals surface area contributed by atoms with Crippen LogP contribution in [0.1, 0.15) is 31.3 Å². The molecule has 1 aliphatic rings. The fraction of sp³-hybridized carbons (Fsp3) is 0.600. The highest BCUT2D eigenvalue weighted by Crippen LogP contribution is 2.13. The number of aromatic nitrogens is 1. The van der Waals surface area contributed by atoms with Crippen molar-refractivity contribution in [1.29, 1.82) is 0 Å². The lowest BCUT2D eigenvalue weighted by molar-refractivity contribution is 0.0520. The van der Waals surface area contributed by atoms with Gasteiger partial charge in [0.25, 0.3) is 0 Å². The average Bonchev–Trinajstić information content (AvgIpc) is 2.96. The van der Waals surface area contributed by atoms with Crippen LogP contribution in [0.3, 0.4) is 0 Å². The van der Waals surface area contributed by atoms with Crippen LogP contribution < -0.4 is 5.32 Å². The standard InChI is InChI=1S/C15H24N4O3/c1-4-22-14(20)13-9-12(10-16-13)17-15(21)19-7-5-18(6-8-19)11(2)3/h9-11,16H,4-8H2,1-3H3,(H,17,21). The Hall–Kier alpha value is -2.02. The van der Waals surface area contributed by atoms with E-state index in [1.807, 2.05) is 0 Å². The maximum absolute atomic E-state index is 12.2. The van der Waals surface area contributed by atoms with Crippen LogP contribution in [0.25, 0.3) is 0 Å². The maximum atomic E-state index is 12.2. The van der Waals surface area contributed by atoms with Crippen molar-refractivity contribution in [2.75, 3.05) is 38.1 Å². The molecule has 1 aromatic heterocycles. The molecule has 0 bridgehead atoms. The lowest BCUT2D eigenvalue weighted by Crippen LogP contribution is -2.51. The molecule has 2 heterocycles. The molecule has 122 valence electrons. The molecule has 2 N–H and O–H groups in total. The van der Waals surface area contributed by atoms with Crippen LogP contribution in [-0.4, -0.2) is 65.6 Å². The summed E-state index contributed by atoms with van der Waals surface area (Å²) in [7, 11) is 0. The molecular weight excluding hydrogens is 284 g/mol. The summed E-state index contributed by atoms with van der Waals surface area (Å²) >= 11 is 0. The van der Waals surface area contributed by atoms with E-state index in [4.69, 9.17) is 4.74 Å². The van der Waals surface area contributed by atoms with Gasteiger partial charge in [-0.1, -0.05) is 0 Å². The van der Waals surface area contributed by atoms with Crippen LogP contribution in [0.4, 0.5) is 10.5 Å². The topological polar surface area (TPSA) is 77.7 Å². The fourth-order valence-electron chi connectivity index (χ4n) is 2.44. The van der Waals surface area contributed by atoms with Gasteiger partial charge in [0.15, 0.2) is 0 Å². The minimum absolute atomic E-state index is 0.141. The quantitative estimate of drug-likeness (QED) is 0.831. The Kier molecular flexibility index (Phi) is 5.43. The van der Waals surface area contributed by atoms with Gasteiger partial charge < -0.3 is 19.9 Å². The Balaban J connectivity index is 1.86. The third-order valence-electron chi connectivity index (χ3n) is 3.76. The third kappa shape index (κ3) is 4.00. The van der Waals surface area contributed by atoms with Gasteiger partial charge in [0.2, 0.25) is 0 Å². The Labute approximate surface area is 130 Å². The minimum Gasteiger partial charge on any atom is -0.461 e. The first-order chi connectivity index (χ1) is 10.5. The van der Waals surface area contributed by atoms with E-state index in [0.29, 0.717) is 37.1 Å². The normalized spacial score (nSPS) is 15.9. The van der Waals surface area contributed by atoms with Gasteiger partial charge in [-0.3, -0.25) is 4.90 Å². The van der Waals surface area contributed by atoms with E-state index in [-0.39, 0.29) is 6.03 Å². The van der Waals surface area contributed by atoms with Gasteiger partial charge in [-0.15, -0.1) is 0 Å². The number of urea groups is 1. The third-order valence-corrected chi connectivity index (χ3v) is 3.76. The lowest BCUT2D eigenvalue weighted by Gasteiger charge is -2.36. The summed E-state index contributed by atoms with van der Waals surface area (Å²) in [4.78, 5) is 30.7. The summed E-state index contributed by atoms with van der Waals surface area (Å²) in [5.74, 6) is -0.423. The zero-order valence-electron chi connectivity index (χ0n) is 13.4. The molecule has 0 atom stereocenters. The van der Waals surface area contributed by atoms with Crippen molar-refractivity contribution in [3.05, 3.63) is 18.0 Å². The van der Waals surface area contributed by atoms with Crippen molar-refractivity contribution in [2.45, 2.75) is 26.8 Å². The number of esters is 1. The second-order valence-corrected chi connectivity index (χ2v) is 5.57. The first-order valence-corrected chi connectivity index (χ1v) is 7.66. The molecular formula is C15H24N4O3. The summed E-state index contributed by atoms with van der Waals surface area (Å²) in [5.41, 5.74) is 0.904.